The molecule has 118 valence electrons. The molecule has 1 aromatic rings. The fourth-order valence-electron chi connectivity index (χ4n) is 3.25. The second-order valence-corrected chi connectivity index (χ2v) is 5.97. The Kier molecular flexibility index (Phi) is 5.27. The summed E-state index contributed by atoms with van der Waals surface area (Å²) >= 11 is 0. The first-order valence-corrected chi connectivity index (χ1v) is 7.82. The summed E-state index contributed by atoms with van der Waals surface area (Å²) in [6.07, 6.45) is 4.30. The summed E-state index contributed by atoms with van der Waals surface area (Å²) in [5.41, 5.74) is -0.601. The van der Waals surface area contributed by atoms with Gasteiger partial charge in [0.2, 0.25) is 0 Å². The highest BCUT2D eigenvalue weighted by Gasteiger charge is 2.41. The van der Waals surface area contributed by atoms with E-state index in [0.29, 0.717) is 13.1 Å². The highest BCUT2D eigenvalue weighted by Crippen LogP contribution is 2.35. The van der Waals surface area contributed by atoms with Crippen LogP contribution in [-0.4, -0.2) is 49.3 Å². The molecule has 21 heavy (non-hydrogen) atoms. The SMILES string of the molecule is CCCn1nnnc1CN1CCCC(CCC)(C(=O)O)C1. The smallest absolute Gasteiger partial charge is 0.310 e. The van der Waals surface area contributed by atoms with E-state index in [4.69, 9.17) is 0 Å². The predicted molar refractivity (Wildman–Crippen MR) is 77.6 cm³/mol. The molecule has 1 saturated heterocycles. The Morgan fingerprint density at radius 2 is 2.19 bits per heavy atom. The number of piperidine rings is 1. The molecule has 2 heterocycles. The van der Waals surface area contributed by atoms with Crippen LogP contribution in [0.5, 0.6) is 0 Å². The molecular formula is C14H25N5O2. The monoisotopic (exact) mass is 295 g/mol. The van der Waals surface area contributed by atoms with Crippen LogP contribution in [0, 0.1) is 5.41 Å². The molecule has 0 amide bonds. The molecule has 7 nitrogen and oxygen atoms in total. The van der Waals surface area contributed by atoms with Crippen LogP contribution in [0.3, 0.4) is 0 Å². The molecule has 0 bridgehead atoms. The number of aryl methyl sites for hydroxylation is 1. The van der Waals surface area contributed by atoms with Gasteiger partial charge in [0.1, 0.15) is 0 Å². The minimum atomic E-state index is -0.665. The maximum Gasteiger partial charge on any atom is 0.310 e. The lowest BCUT2D eigenvalue weighted by Gasteiger charge is -2.39. The Hall–Kier alpha value is -1.50. The summed E-state index contributed by atoms with van der Waals surface area (Å²) in [6.45, 7) is 7.07. The van der Waals surface area contributed by atoms with Gasteiger partial charge in [0.15, 0.2) is 5.82 Å². The van der Waals surface area contributed by atoms with Gasteiger partial charge in [-0.1, -0.05) is 20.3 Å². The minimum absolute atomic E-state index is 0.592. The molecule has 0 saturated carbocycles. The first kappa shape index (κ1) is 15.9. The number of rotatable bonds is 7. The summed E-state index contributed by atoms with van der Waals surface area (Å²) in [6, 6.07) is 0. The third kappa shape index (κ3) is 3.58. The zero-order valence-electron chi connectivity index (χ0n) is 13.0. The number of hydrogen-bond acceptors (Lipinski definition) is 5. The molecule has 1 fully saturated rings. The number of carboxylic acid groups (broad SMARTS) is 1. The van der Waals surface area contributed by atoms with Gasteiger partial charge < -0.3 is 5.11 Å². The summed E-state index contributed by atoms with van der Waals surface area (Å²) < 4.78 is 1.82. The van der Waals surface area contributed by atoms with E-state index in [-0.39, 0.29) is 0 Å². The largest absolute Gasteiger partial charge is 0.481 e. The Morgan fingerprint density at radius 1 is 1.38 bits per heavy atom. The number of carbonyl (C=O) groups is 1. The van der Waals surface area contributed by atoms with Gasteiger partial charge in [-0.05, 0) is 42.7 Å². The van der Waals surface area contributed by atoms with Crippen molar-refractivity contribution in [2.24, 2.45) is 5.41 Å². The average Bonchev–Trinajstić information content (AvgIpc) is 2.87. The molecule has 0 radical (unpaired) electrons. The molecule has 1 atom stereocenters. The van der Waals surface area contributed by atoms with Gasteiger partial charge in [0.25, 0.3) is 0 Å². The van der Waals surface area contributed by atoms with Crippen molar-refractivity contribution in [1.82, 2.24) is 25.1 Å². The van der Waals surface area contributed by atoms with E-state index >= 15 is 0 Å². The molecule has 1 aliphatic heterocycles. The zero-order valence-corrected chi connectivity index (χ0v) is 13.0. The molecule has 7 heteroatoms. The number of aromatic nitrogens is 4. The van der Waals surface area contributed by atoms with Crippen molar-refractivity contribution in [2.75, 3.05) is 13.1 Å². The molecule has 0 aromatic carbocycles. The van der Waals surface area contributed by atoms with Crippen molar-refractivity contribution in [3.05, 3.63) is 5.82 Å². The Bertz CT molecular complexity index is 472. The van der Waals surface area contributed by atoms with Crippen molar-refractivity contribution >= 4 is 5.97 Å². The summed E-state index contributed by atoms with van der Waals surface area (Å²) in [4.78, 5) is 13.9. The van der Waals surface area contributed by atoms with E-state index in [0.717, 1.165) is 51.0 Å². The Balaban J connectivity index is 2.06. The first-order valence-electron chi connectivity index (χ1n) is 7.82. The van der Waals surface area contributed by atoms with Gasteiger partial charge in [0.05, 0.1) is 12.0 Å². The number of likely N-dealkylation sites (tertiary alicyclic amines) is 1. The lowest BCUT2D eigenvalue weighted by atomic mass is 9.76. The van der Waals surface area contributed by atoms with E-state index in [1.807, 2.05) is 11.6 Å². The fraction of sp³-hybridized carbons (Fsp3) is 0.857. The molecular weight excluding hydrogens is 270 g/mol. The second-order valence-electron chi connectivity index (χ2n) is 5.97. The van der Waals surface area contributed by atoms with Gasteiger partial charge in [-0.15, -0.1) is 5.10 Å². The summed E-state index contributed by atoms with van der Waals surface area (Å²) in [5, 5.41) is 21.4. The van der Waals surface area contributed by atoms with E-state index < -0.39 is 11.4 Å². The van der Waals surface area contributed by atoms with Crippen molar-refractivity contribution in [2.45, 2.75) is 59.0 Å². The third-order valence-corrected chi connectivity index (χ3v) is 4.24. The molecule has 2 rings (SSSR count). The van der Waals surface area contributed by atoms with Crippen molar-refractivity contribution in [3.63, 3.8) is 0 Å². The fourth-order valence-corrected chi connectivity index (χ4v) is 3.25. The van der Waals surface area contributed by atoms with Crippen molar-refractivity contribution < 1.29 is 9.90 Å². The standard InChI is InChI=1S/C14H25N5O2/c1-3-6-14(13(20)21)7-5-9-18(11-14)10-12-15-16-17-19(12)8-4-2/h3-11H2,1-2H3,(H,20,21). The van der Waals surface area contributed by atoms with Crippen molar-refractivity contribution in [1.29, 1.82) is 0 Å². The van der Waals surface area contributed by atoms with Crippen molar-refractivity contribution in [3.8, 4) is 0 Å². The molecule has 0 spiro atoms. The molecule has 1 N–H and O–H groups in total. The molecule has 1 unspecified atom stereocenters. The Morgan fingerprint density at radius 3 is 2.86 bits per heavy atom. The van der Waals surface area contributed by atoms with Crippen LogP contribution in [0.4, 0.5) is 0 Å². The molecule has 0 aliphatic carbocycles. The third-order valence-electron chi connectivity index (χ3n) is 4.24. The van der Waals surface area contributed by atoms with Crippen LogP contribution in [0.15, 0.2) is 0 Å². The normalized spacial score (nSPS) is 23.3. The van der Waals surface area contributed by atoms with Gasteiger partial charge >= 0.3 is 5.97 Å². The van der Waals surface area contributed by atoms with Crippen LogP contribution >= 0.6 is 0 Å². The van der Waals surface area contributed by atoms with Gasteiger partial charge in [-0.2, -0.15) is 0 Å². The van der Waals surface area contributed by atoms with E-state index in [1.54, 1.807) is 0 Å². The topological polar surface area (TPSA) is 84.1 Å². The summed E-state index contributed by atoms with van der Waals surface area (Å²) in [5.74, 6) is 0.164. The number of tetrazole rings is 1. The quantitative estimate of drug-likeness (QED) is 0.821. The number of aliphatic carboxylic acids is 1. The maximum absolute atomic E-state index is 11.7. The highest BCUT2D eigenvalue weighted by atomic mass is 16.4. The van der Waals surface area contributed by atoms with Crippen LogP contribution in [-0.2, 0) is 17.9 Å². The van der Waals surface area contributed by atoms with Crippen LogP contribution in [0.2, 0.25) is 0 Å². The predicted octanol–water partition coefficient (Wildman–Crippen LogP) is 1.55. The Labute approximate surface area is 125 Å². The van der Waals surface area contributed by atoms with Crippen LogP contribution < -0.4 is 0 Å². The zero-order chi connectivity index (χ0) is 15.3. The molecule has 1 aromatic heterocycles. The van der Waals surface area contributed by atoms with Gasteiger partial charge in [-0.25, -0.2) is 4.68 Å². The van der Waals surface area contributed by atoms with Gasteiger partial charge in [-0.3, -0.25) is 9.69 Å². The highest BCUT2D eigenvalue weighted by molar-refractivity contribution is 5.75. The molecule has 1 aliphatic rings. The number of carboxylic acids is 1. The first-order chi connectivity index (χ1) is 10.1. The van der Waals surface area contributed by atoms with Crippen LogP contribution in [0.25, 0.3) is 0 Å². The van der Waals surface area contributed by atoms with Crippen LogP contribution in [0.1, 0.15) is 51.8 Å². The number of hydrogen-bond donors (Lipinski definition) is 1. The number of nitrogens with zero attached hydrogens (tertiary/aromatic N) is 5. The lowest BCUT2D eigenvalue weighted by molar-refractivity contribution is -0.153. The maximum atomic E-state index is 11.7. The summed E-state index contributed by atoms with van der Waals surface area (Å²) in [7, 11) is 0. The van der Waals surface area contributed by atoms with E-state index in [1.165, 1.54) is 0 Å². The lowest BCUT2D eigenvalue weighted by Crippen LogP contribution is -2.47. The average molecular weight is 295 g/mol. The van der Waals surface area contributed by atoms with E-state index in [2.05, 4.69) is 27.3 Å². The van der Waals surface area contributed by atoms with Gasteiger partial charge in [0, 0.05) is 13.1 Å². The van der Waals surface area contributed by atoms with E-state index in [9.17, 15) is 9.90 Å². The minimum Gasteiger partial charge on any atom is -0.481 e. The second kappa shape index (κ2) is 6.98.